The minimum absolute atomic E-state index is 0.215. The summed E-state index contributed by atoms with van der Waals surface area (Å²) in [4.78, 5) is 12.0. The van der Waals surface area contributed by atoms with E-state index in [1.54, 1.807) is 19.9 Å². The van der Waals surface area contributed by atoms with E-state index in [0.717, 1.165) is 11.3 Å². The molecule has 0 radical (unpaired) electrons. The highest BCUT2D eigenvalue weighted by Crippen LogP contribution is 2.13. The van der Waals surface area contributed by atoms with Crippen LogP contribution in [0.15, 0.2) is 34.9 Å². The van der Waals surface area contributed by atoms with Gasteiger partial charge in [0.25, 0.3) is 0 Å². The molecule has 0 aliphatic rings. The molecule has 20 heavy (non-hydrogen) atoms. The SMILES string of the molecule is C#Cc1cccc(N[C@H](C)C(=O)Nc2cc(C)no2)c1. The van der Waals surface area contributed by atoms with E-state index in [4.69, 9.17) is 10.9 Å². The number of carbonyl (C=O) groups is 1. The molecule has 0 unspecified atom stereocenters. The Bertz CT molecular complexity index is 655. The van der Waals surface area contributed by atoms with Gasteiger partial charge < -0.3 is 9.84 Å². The minimum Gasteiger partial charge on any atom is -0.374 e. The normalized spacial score (nSPS) is 11.4. The number of anilines is 2. The van der Waals surface area contributed by atoms with E-state index in [1.807, 2.05) is 24.3 Å². The molecular weight excluding hydrogens is 254 g/mol. The van der Waals surface area contributed by atoms with E-state index in [0.29, 0.717) is 11.6 Å². The molecule has 0 aliphatic heterocycles. The van der Waals surface area contributed by atoms with Crippen molar-refractivity contribution in [3.05, 3.63) is 41.6 Å². The molecule has 0 saturated carbocycles. The highest BCUT2D eigenvalue weighted by molar-refractivity contribution is 5.95. The predicted molar refractivity (Wildman–Crippen MR) is 77.3 cm³/mol. The average molecular weight is 269 g/mol. The van der Waals surface area contributed by atoms with Gasteiger partial charge in [-0.15, -0.1) is 6.42 Å². The molecule has 102 valence electrons. The number of nitrogens with one attached hydrogen (secondary N) is 2. The molecule has 0 fully saturated rings. The number of hydrogen-bond acceptors (Lipinski definition) is 4. The lowest BCUT2D eigenvalue weighted by atomic mass is 10.2. The fourth-order valence-corrected chi connectivity index (χ4v) is 1.67. The number of rotatable bonds is 4. The van der Waals surface area contributed by atoms with Crippen molar-refractivity contribution >= 4 is 17.5 Å². The summed E-state index contributed by atoms with van der Waals surface area (Å²) in [5, 5.41) is 9.42. The Morgan fingerprint density at radius 1 is 1.45 bits per heavy atom. The molecule has 0 bridgehead atoms. The van der Waals surface area contributed by atoms with Crippen LogP contribution in [-0.2, 0) is 4.79 Å². The molecule has 1 aromatic heterocycles. The second-order valence-corrected chi connectivity index (χ2v) is 4.41. The third-order valence-corrected chi connectivity index (χ3v) is 2.68. The molecule has 1 heterocycles. The zero-order chi connectivity index (χ0) is 14.5. The number of nitrogens with zero attached hydrogens (tertiary/aromatic N) is 1. The number of carbonyl (C=O) groups excluding carboxylic acids is 1. The Balaban J connectivity index is 1.98. The van der Waals surface area contributed by atoms with E-state index in [1.165, 1.54) is 0 Å². The van der Waals surface area contributed by atoms with Gasteiger partial charge in [-0.3, -0.25) is 10.1 Å². The lowest BCUT2D eigenvalue weighted by Crippen LogP contribution is -2.31. The molecule has 2 N–H and O–H groups in total. The topological polar surface area (TPSA) is 67.2 Å². The van der Waals surface area contributed by atoms with Crippen molar-refractivity contribution in [1.29, 1.82) is 0 Å². The molecule has 1 aromatic carbocycles. The number of aryl methyl sites for hydroxylation is 1. The molecule has 1 atom stereocenters. The Kier molecular flexibility index (Phi) is 4.06. The van der Waals surface area contributed by atoms with Crippen LogP contribution in [0.25, 0.3) is 0 Å². The summed E-state index contributed by atoms with van der Waals surface area (Å²) < 4.78 is 4.94. The van der Waals surface area contributed by atoms with Crippen molar-refractivity contribution in [1.82, 2.24) is 5.16 Å². The van der Waals surface area contributed by atoms with Crippen molar-refractivity contribution in [3.8, 4) is 12.3 Å². The summed E-state index contributed by atoms with van der Waals surface area (Å²) in [6.45, 7) is 3.53. The van der Waals surface area contributed by atoms with Gasteiger partial charge in [0.2, 0.25) is 11.8 Å². The largest absolute Gasteiger partial charge is 0.374 e. The first kappa shape index (κ1) is 13.7. The second-order valence-electron chi connectivity index (χ2n) is 4.41. The predicted octanol–water partition coefficient (Wildman–Crippen LogP) is 2.40. The summed E-state index contributed by atoms with van der Waals surface area (Å²) >= 11 is 0. The Morgan fingerprint density at radius 2 is 2.25 bits per heavy atom. The van der Waals surface area contributed by atoms with Crippen molar-refractivity contribution in [2.75, 3.05) is 10.6 Å². The van der Waals surface area contributed by atoms with Gasteiger partial charge in [0.1, 0.15) is 6.04 Å². The van der Waals surface area contributed by atoms with Gasteiger partial charge >= 0.3 is 0 Å². The first-order valence-corrected chi connectivity index (χ1v) is 6.16. The maximum Gasteiger partial charge on any atom is 0.248 e. The maximum absolute atomic E-state index is 12.0. The summed E-state index contributed by atoms with van der Waals surface area (Å²) in [5.41, 5.74) is 2.26. The lowest BCUT2D eigenvalue weighted by Gasteiger charge is -2.14. The quantitative estimate of drug-likeness (QED) is 0.836. The number of amides is 1. The fourth-order valence-electron chi connectivity index (χ4n) is 1.67. The van der Waals surface area contributed by atoms with Crippen LogP contribution in [-0.4, -0.2) is 17.1 Å². The van der Waals surface area contributed by atoms with Gasteiger partial charge in [-0.25, -0.2) is 0 Å². The van der Waals surface area contributed by atoms with Crippen LogP contribution in [0.5, 0.6) is 0 Å². The van der Waals surface area contributed by atoms with E-state index in [-0.39, 0.29) is 5.91 Å². The molecule has 5 heteroatoms. The summed E-state index contributed by atoms with van der Waals surface area (Å²) in [7, 11) is 0. The fraction of sp³-hybridized carbons (Fsp3) is 0.200. The smallest absolute Gasteiger partial charge is 0.248 e. The minimum atomic E-state index is -0.437. The van der Waals surface area contributed by atoms with Crippen LogP contribution < -0.4 is 10.6 Å². The lowest BCUT2D eigenvalue weighted by molar-refractivity contribution is -0.116. The molecular formula is C15H15N3O2. The number of terminal acetylenes is 1. The summed E-state index contributed by atoms with van der Waals surface area (Å²) in [6.07, 6.45) is 5.34. The van der Waals surface area contributed by atoms with Gasteiger partial charge in [0.15, 0.2) is 0 Å². The number of hydrogen-bond donors (Lipinski definition) is 2. The monoisotopic (exact) mass is 269 g/mol. The zero-order valence-electron chi connectivity index (χ0n) is 11.3. The maximum atomic E-state index is 12.0. The van der Waals surface area contributed by atoms with Crippen molar-refractivity contribution in [2.24, 2.45) is 0 Å². The Labute approximate surface area is 117 Å². The van der Waals surface area contributed by atoms with Crippen molar-refractivity contribution in [3.63, 3.8) is 0 Å². The van der Waals surface area contributed by atoms with Crippen LogP contribution in [0.2, 0.25) is 0 Å². The average Bonchev–Trinajstić information content (AvgIpc) is 2.84. The highest BCUT2D eigenvalue weighted by atomic mass is 16.5. The highest BCUT2D eigenvalue weighted by Gasteiger charge is 2.14. The van der Waals surface area contributed by atoms with Crippen LogP contribution in [0.1, 0.15) is 18.2 Å². The van der Waals surface area contributed by atoms with Crippen LogP contribution in [0.3, 0.4) is 0 Å². The second kappa shape index (κ2) is 5.93. The van der Waals surface area contributed by atoms with Crippen molar-refractivity contribution in [2.45, 2.75) is 19.9 Å². The van der Waals surface area contributed by atoms with E-state index in [2.05, 4.69) is 21.7 Å². The van der Waals surface area contributed by atoms with Crippen LogP contribution in [0.4, 0.5) is 11.6 Å². The first-order valence-electron chi connectivity index (χ1n) is 6.16. The molecule has 0 spiro atoms. The summed E-state index contributed by atoms with van der Waals surface area (Å²) in [5.74, 6) is 2.67. The van der Waals surface area contributed by atoms with Gasteiger partial charge in [0.05, 0.1) is 5.69 Å². The third kappa shape index (κ3) is 3.39. The molecule has 5 nitrogen and oxygen atoms in total. The Hall–Kier alpha value is -2.74. The van der Waals surface area contributed by atoms with Gasteiger partial charge in [-0.05, 0) is 32.0 Å². The van der Waals surface area contributed by atoms with Gasteiger partial charge in [0, 0.05) is 17.3 Å². The molecule has 0 saturated heterocycles. The third-order valence-electron chi connectivity index (χ3n) is 2.68. The number of benzene rings is 1. The Morgan fingerprint density at radius 3 is 2.90 bits per heavy atom. The van der Waals surface area contributed by atoms with Gasteiger partial charge in [-0.1, -0.05) is 17.1 Å². The van der Waals surface area contributed by atoms with Crippen LogP contribution in [0, 0.1) is 19.3 Å². The molecule has 1 amide bonds. The number of aromatic nitrogens is 1. The summed E-state index contributed by atoms with van der Waals surface area (Å²) in [6, 6.07) is 8.54. The molecule has 2 aromatic rings. The zero-order valence-corrected chi connectivity index (χ0v) is 11.3. The van der Waals surface area contributed by atoms with E-state index >= 15 is 0 Å². The van der Waals surface area contributed by atoms with E-state index < -0.39 is 6.04 Å². The first-order chi connectivity index (χ1) is 9.58. The van der Waals surface area contributed by atoms with Crippen molar-refractivity contribution < 1.29 is 9.32 Å². The van der Waals surface area contributed by atoms with E-state index in [9.17, 15) is 4.79 Å². The van der Waals surface area contributed by atoms with Gasteiger partial charge in [-0.2, -0.15) is 0 Å². The standard InChI is InChI=1S/C15H15N3O2/c1-4-12-6-5-7-13(9-12)16-11(3)15(19)17-14-8-10(2)18-20-14/h1,5-9,11,16H,2-3H3,(H,17,19)/t11-/m1/s1. The molecule has 2 rings (SSSR count). The van der Waals surface area contributed by atoms with Crippen LogP contribution >= 0.6 is 0 Å². The molecule has 0 aliphatic carbocycles.